The van der Waals surface area contributed by atoms with Crippen LogP contribution in [-0.4, -0.2) is 55.4 Å². The summed E-state index contributed by atoms with van der Waals surface area (Å²) in [7, 11) is 1.55. The van der Waals surface area contributed by atoms with Crippen LogP contribution in [0.2, 0.25) is 0 Å². The number of nitrogens with one attached hydrogen (secondary N) is 1. The van der Waals surface area contributed by atoms with Gasteiger partial charge in [-0.25, -0.2) is 0 Å². The zero-order chi connectivity index (χ0) is 14.7. The molecule has 1 aliphatic carbocycles. The van der Waals surface area contributed by atoms with Gasteiger partial charge in [-0.1, -0.05) is 0 Å². The maximum Gasteiger partial charge on any atom is 0.401 e. The average molecular weight is 282 g/mol. The molecule has 0 spiro atoms. The summed E-state index contributed by atoms with van der Waals surface area (Å²) in [6, 6.07) is -0.0799. The van der Waals surface area contributed by atoms with E-state index in [9.17, 15) is 18.0 Å². The van der Waals surface area contributed by atoms with Gasteiger partial charge in [-0.2, -0.15) is 13.2 Å². The molecule has 112 valence electrons. The number of esters is 1. The second-order valence-corrected chi connectivity index (χ2v) is 5.05. The Labute approximate surface area is 111 Å². The predicted molar refractivity (Wildman–Crippen MR) is 64.7 cm³/mol. The van der Waals surface area contributed by atoms with Gasteiger partial charge in [-0.3, -0.25) is 9.69 Å². The summed E-state index contributed by atoms with van der Waals surface area (Å²) in [6.07, 6.45) is -2.76. The number of hydrogen-bond acceptors (Lipinski definition) is 4. The first-order valence-electron chi connectivity index (χ1n) is 6.39. The van der Waals surface area contributed by atoms with E-state index in [-0.39, 0.29) is 19.2 Å². The fraction of sp³-hybridized carbons (Fsp3) is 0.917. The molecule has 1 N–H and O–H groups in total. The Morgan fingerprint density at radius 2 is 1.95 bits per heavy atom. The Hall–Kier alpha value is -0.820. The van der Waals surface area contributed by atoms with Gasteiger partial charge in [0.15, 0.2) is 0 Å². The first-order valence-corrected chi connectivity index (χ1v) is 6.39. The lowest BCUT2D eigenvalue weighted by atomic mass is 10.0. The maximum atomic E-state index is 12.5. The highest BCUT2D eigenvalue weighted by atomic mass is 19.4. The summed E-state index contributed by atoms with van der Waals surface area (Å²) >= 11 is 0. The van der Waals surface area contributed by atoms with E-state index < -0.39 is 24.2 Å². The summed E-state index contributed by atoms with van der Waals surface area (Å²) in [5.74, 6) is -0.523. The van der Waals surface area contributed by atoms with Crippen molar-refractivity contribution in [2.75, 3.05) is 26.7 Å². The second-order valence-electron chi connectivity index (χ2n) is 5.05. The number of alkyl halides is 3. The van der Waals surface area contributed by atoms with Crippen molar-refractivity contribution >= 4 is 5.97 Å². The molecule has 1 aliphatic rings. The third kappa shape index (κ3) is 4.99. The number of ether oxygens (including phenoxy) is 1. The van der Waals surface area contributed by atoms with Gasteiger partial charge in [0, 0.05) is 12.6 Å². The molecular weight excluding hydrogens is 261 g/mol. The van der Waals surface area contributed by atoms with Gasteiger partial charge in [0.1, 0.15) is 5.54 Å². The maximum absolute atomic E-state index is 12.5. The van der Waals surface area contributed by atoms with Gasteiger partial charge in [0.2, 0.25) is 0 Å². The van der Waals surface area contributed by atoms with Crippen LogP contribution in [0.25, 0.3) is 0 Å². The monoisotopic (exact) mass is 282 g/mol. The van der Waals surface area contributed by atoms with E-state index in [0.717, 1.165) is 12.8 Å². The molecule has 0 bridgehead atoms. The van der Waals surface area contributed by atoms with Crippen molar-refractivity contribution in [2.24, 2.45) is 0 Å². The van der Waals surface area contributed by atoms with Gasteiger partial charge in [0.05, 0.1) is 13.2 Å². The SMILES string of the molecule is CCOC(=O)C(C)(CN(CC(F)(F)F)C1CC1)NC. The van der Waals surface area contributed by atoms with Crippen LogP contribution < -0.4 is 5.32 Å². The Kier molecular flexibility index (Phi) is 5.20. The quantitative estimate of drug-likeness (QED) is 0.719. The number of nitrogens with zero attached hydrogens (tertiary/aromatic N) is 1. The van der Waals surface area contributed by atoms with Crippen LogP contribution in [0.1, 0.15) is 26.7 Å². The van der Waals surface area contributed by atoms with E-state index in [4.69, 9.17) is 4.74 Å². The molecule has 1 unspecified atom stereocenters. The molecule has 1 rings (SSSR count). The van der Waals surface area contributed by atoms with Gasteiger partial charge < -0.3 is 10.1 Å². The van der Waals surface area contributed by atoms with Crippen molar-refractivity contribution < 1.29 is 22.7 Å². The summed E-state index contributed by atoms with van der Waals surface area (Å²) in [5, 5.41) is 2.78. The molecule has 0 saturated heterocycles. The van der Waals surface area contributed by atoms with Crippen LogP contribution in [-0.2, 0) is 9.53 Å². The van der Waals surface area contributed by atoms with E-state index in [1.807, 2.05) is 0 Å². The summed E-state index contributed by atoms with van der Waals surface area (Å²) < 4.78 is 42.6. The highest BCUT2D eigenvalue weighted by Gasteiger charge is 2.43. The zero-order valence-corrected chi connectivity index (χ0v) is 11.5. The Morgan fingerprint density at radius 3 is 2.32 bits per heavy atom. The first kappa shape index (κ1) is 16.2. The Bertz CT molecular complexity index is 319. The molecule has 19 heavy (non-hydrogen) atoms. The Morgan fingerprint density at radius 1 is 1.37 bits per heavy atom. The molecule has 4 nitrogen and oxygen atoms in total. The number of rotatable bonds is 7. The summed E-state index contributed by atoms with van der Waals surface area (Å²) in [5.41, 5.74) is -1.12. The molecule has 0 amide bonds. The van der Waals surface area contributed by atoms with Crippen LogP contribution in [0.4, 0.5) is 13.2 Å². The third-order valence-corrected chi connectivity index (χ3v) is 3.24. The molecule has 7 heteroatoms. The standard InChI is InChI=1S/C12H21F3N2O2/c1-4-19-10(18)11(2,16-3)7-17(9-5-6-9)8-12(13,14)15/h9,16H,4-8H2,1-3H3. The number of halogens is 3. The molecule has 0 aliphatic heterocycles. The fourth-order valence-corrected chi connectivity index (χ4v) is 1.93. The smallest absolute Gasteiger partial charge is 0.401 e. The number of carbonyl (C=O) groups is 1. The third-order valence-electron chi connectivity index (χ3n) is 3.24. The van der Waals surface area contributed by atoms with E-state index >= 15 is 0 Å². The van der Waals surface area contributed by atoms with Crippen molar-refractivity contribution in [3.8, 4) is 0 Å². The topological polar surface area (TPSA) is 41.6 Å². The lowest BCUT2D eigenvalue weighted by molar-refractivity contribution is -0.159. The van der Waals surface area contributed by atoms with Crippen LogP contribution in [0, 0.1) is 0 Å². The number of hydrogen-bond donors (Lipinski definition) is 1. The van der Waals surface area contributed by atoms with Crippen molar-refractivity contribution in [1.82, 2.24) is 10.2 Å². The van der Waals surface area contributed by atoms with Crippen LogP contribution >= 0.6 is 0 Å². The van der Waals surface area contributed by atoms with Gasteiger partial charge in [0.25, 0.3) is 0 Å². The molecule has 0 aromatic heterocycles. The molecule has 1 fully saturated rings. The van der Waals surface area contributed by atoms with Crippen molar-refractivity contribution in [3.05, 3.63) is 0 Å². The van der Waals surface area contributed by atoms with Crippen molar-refractivity contribution in [1.29, 1.82) is 0 Å². The van der Waals surface area contributed by atoms with Gasteiger partial charge in [-0.15, -0.1) is 0 Å². The largest absolute Gasteiger partial charge is 0.465 e. The molecular formula is C12H21F3N2O2. The number of likely N-dealkylation sites (N-methyl/N-ethyl adjacent to an activating group) is 1. The lowest BCUT2D eigenvalue weighted by Crippen LogP contribution is -2.57. The van der Waals surface area contributed by atoms with E-state index in [1.54, 1.807) is 20.9 Å². The van der Waals surface area contributed by atoms with Gasteiger partial charge >= 0.3 is 12.1 Å². The molecule has 0 aromatic rings. The molecule has 0 heterocycles. The Balaban J connectivity index is 2.72. The van der Waals surface area contributed by atoms with Crippen LogP contribution in [0.3, 0.4) is 0 Å². The normalized spacial score (nSPS) is 19.3. The highest BCUT2D eigenvalue weighted by Crippen LogP contribution is 2.31. The van der Waals surface area contributed by atoms with E-state index in [0.29, 0.717) is 0 Å². The minimum Gasteiger partial charge on any atom is -0.465 e. The van der Waals surface area contributed by atoms with Crippen molar-refractivity contribution in [2.45, 2.75) is 44.4 Å². The molecule has 0 aromatic carbocycles. The second kappa shape index (κ2) is 6.09. The van der Waals surface area contributed by atoms with Crippen LogP contribution in [0.15, 0.2) is 0 Å². The highest BCUT2D eigenvalue weighted by molar-refractivity contribution is 5.80. The first-order chi connectivity index (χ1) is 8.72. The van der Waals surface area contributed by atoms with E-state index in [2.05, 4.69) is 5.32 Å². The number of carbonyl (C=O) groups excluding carboxylic acids is 1. The van der Waals surface area contributed by atoms with Crippen molar-refractivity contribution in [3.63, 3.8) is 0 Å². The minimum atomic E-state index is -4.26. The summed E-state index contributed by atoms with van der Waals surface area (Å²) in [4.78, 5) is 13.2. The predicted octanol–water partition coefficient (Wildman–Crippen LogP) is 1.55. The fourth-order valence-electron chi connectivity index (χ4n) is 1.93. The van der Waals surface area contributed by atoms with Crippen LogP contribution in [0.5, 0.6) is 0 Å². The van der Waals surface area contributed by atoms with E-state index in [1.165, 1.54) is 4.90 Å². The van der Waals surface area contributed by atoms with Gasteiger partial charge in [-0.05, 0) is 33.7 Å². The summed E-state index contributed by atoms with van der Waals surface area (Å²) in [6.45, 7) is 2.44. The lowest BCUT2D eigenvalue weighted by Gasteiger charge is -2.33. The molecule has 0 radical (unpaired) electrons. The average Bonchev–Trinajstić information content (AvgIpc) is 3.10. The molecule has 1 atom stereocenters. The zero-order valence-electron chi connectivity index (χ0n) is 11.5. The minimum absolute atomic E-state index is 0.00743. The molecule has 1 saturated carbocycles.